The predicted octanol–water partition coefficient (Wildman–Crippen LogP) is 3.06. The van der Waals surface area contributed by atoms with Crippen LogP contribution < -0.4 is 15.9 Å². The summed E-state index contributed by atoms with van der Waals surface area (Å²) in [5, 5.41) is 4.19. The van der Waals surface area contributed by atoms with Crippen LogP contribution in [0, 0.1) is 0 Å². The van der Waals surface area contributed by atoms with Gasteiger partial charge in [-0.05, 0) is 23.8 Å². The first-order valence-corrected chi connectivity index (χ1v) is 7.74. The third-order valence-corrected chi connectivity index (χ3v) is 5.49. The summed E-state index contributed by atoms with van der Waals surface area (Å²) in [5.74, 6) is 0. The summed E-state index contributed by atoms with van der Waals surface area (Å²) in [7, 11) is -0.446. The summed E-state index contributed by atoms with van der Waals surface area (Å²) in [6.45, 7) is 0. The van der Waals surface area contributed by atoms with E-state index in [0.717, 1.165) is 0 Å². The molecule has 0 bridgehead atoms. The third kappa shape index (κ3) is 3.96. The van der Waals surface area contributed by atoms with Gasteiger partial charge in [0.1, 0.15) is 0 Å². The fourth-order valence-electron chi connectivity index (χ4n) is 2.18. The van der Waals surface area contributed by atoms with Gasteiger partial charge >= 0.3 is 0 Å². The van der Waals surface area contributed by atoms with E-state index < -0.39 is 7.92 Å². The van der Waals surface area contributed by atoms with Gasteiger partial charge in [0.25, 0.3) is 0 Å². The van der Waals surface area contributed by atoms with Crippen molar-refractivity contribution in [3.8, 4) is 0 Å². The van der Waals surface area contributed by atoms with Crippen molar-refractivity contribution in [1.29, 1.82) is 0 Å². The van der Waals surface area contributed by atoms with Crippen LogP contribution in [0.1, 0.15) is 0 Å². The molecule has 0 N–H and O–H groups in total. The fourth-order valence-corrected chi connectivity index (χ4v) is 4.48. The summed E-state index contributed by atoms with van der Waals surface area (Å²) < 4.78 is 0. The van der Waals surface area contributed by atoms with Crippen LogP contribution in [0.2, 0.25) is 0 Å². The molecule has 0 saturated heterocycles. The Morgan fingerprint density at radius 3 is 0.900 bits per heavy atom. The Morgan fingerprint density at radius 2 is 0.650 bits per heavy atom. The van der Waals surface area contributed by atoms with Gasteiger partial charge in [-0.1, -0.05) is 91.0 Å². The Bertz CT molecular complexity index is 529. The summed E-state index contributed by atoms with van der Waals surface area (Å²) in [6, 6.07) is 32.3. The molecule has 0 aliphatic heterocycles. The van der Waals surface area contributed by atoms with Crippen molar-refractivity contribution in [2.75, 3.05) is 0 Å². The predicted molar refractivity (Wildman–Crippen MR) is 90.9 cm³/mol. The second-order valence-corrected chi connectivity index (χ2v) is 6.56. The Kier molecular flexibility index (Phi) is 6.80. The molecule has 0 aromatic heterocycles. The maximum atomic E-state index is 2.23. The van der Waals surface area contributed by atoms with Crippen LogP contribution in [0.4, 0.5) is 0 Å². The molecule has 20 heavy (non-hydrogen) atoms. The first kappa shape index (κ1) is 16.3. The average molecular weight is 348 g/mol. The maximum absolute atomic E-state index is 2.23. The molecule has 2 heteroatoms. The molecule has 0 atom stereocenters. The Morgan fingerprint density at radius 1 is 0.400 bits per heavy atom. The molecule has 0 fully saturated rings. The summed E-state index contributed by atoms with van der Waals surface area (Å²) >= 11 is 0. The van der Waals surface area contributed by atoms with Gasteiger partial charge in [-0.2, -0.15) is 0 Å². The summed E-state index contributed by atoms with van der Waals surface area (Å²) in [6.07, 6.45) is 0. The zero-order valence-electron chi connectivity index (χ0n) is 11.6. The van der Waals surface area contributed by atoms with Crippen molar-refractivity contribution in [2.24, 2.45) is 0 Å². The zero-order chi connectivity index (χ0) is 12.9. The minimum Gasteiger partial charge on any atom is -0.0622 e. The minimum atomic E-state index is -0.446. The van der Waals surface area contributed by atoms with Gasteiger partial charge in [0, 0.05) is 58.2 Å². The van der Waals surface area contributed by atoms with Gasteiger partial charge in [0.15, 0.2) is 0 Å². The smallest absolute Gasteiger partial charge is 0 e. The van der Waals surface area contributed by atoms with E-state index in [0.29, 0.717) is 0 Å². The van der Waals surface area contributed by atoms with Crippen LogP contribution in [-0.4, -0.2) is 58.2 Å². The van der Waals surface area contributed by atoms with Crippen molar-refractivity contribution < 1.29 is 0 Å². The molecule has 3 aromatic rings. The Hall–Kier alpha value is -0.105. The quantitative estimate of drug-likeness (QED) is 0.639. The molecule has 0 heterocycles. The molecular weight excluding hydrogens is 333 g/mol. The number of rotatable bonds is 3. The molecule has 0 nitrogen and oxygen atoms in total. The van der Waals surface area contributed by atoms with Crippen molar-refractivity contribution in [1.82, 2.24) is 0 Å². The molecule has 0 saturated carbocycles. The van der Waals surface area contributed by atoms with Crippen LogP contribution in [-0.2, 0) is 0 Å². The molecule has 93 valence electrons. The van der Waals surface area contributed by atoms with E-state index >= 15 is 0 Å². The molecule has 0 amide bonds. The monoisotopic (exact) mass is 347 g/mol. The molecule has 0 aliphatic rings. The Labute approximate surface area is 170 Å². The summed E-state index contributed by atoms with van der Waals surface area (Å²) in [5.41, 5.74) is 0. The van der Waals surface area contributed by atoms with Crippen LogP contribution in [0.25, 0.3) is 0 Å². The SMILES string of the molecule is [Rb].c1ccc(P(c2ccccc2)c2ccccc2)cc1. The van der Waals surface area contributed by atoms with Gasteiger partial charge < -0.3 is 0 Å². The topological polar surface area (TPSA) is 0 Å². The number of hydrogen-bond donors (Lipinski definition) is 0. The number of hydrogen-bond acceptors (Lipinski definition) is 0. The molecule has 0 unspecified atom stereocenters. The van der Waals surface area contributed by atoms with Crippen LogP contribution in [0.3, 0.4) is 0 Å². The first-order chi connectivity index (χ1) is 9.45. The van der Waals surface area contributed by atoms with E-state index in [1.54, 1.807) is 0 Å². The minimum absolute atomic E-state index is 0. The molecule has 3 rings (SSSR count). The van der Waals surface area contributed by atoms with Crippen molar-refractivity contribution in [2.45, 2.75) is 0 Å². The largest absolute Gasteiger partial charge is 0.0622 e. The van der Waals surface area contributed by atoms with Gasteiger partial charge in [0.2, 0.25) is 0 Å². The molecule has 1 radical (unpaired) electrons. The second-order valence-electron chi connectivity index (χ2n) is 4.34. The molecule has 3 aromatic carbocycles. The maximum Gasteiger partial charge on any atom is 0 e. The number of benzene rings is 3. The third-order valence-electron chi connectivity index (χ3n) is 3.04. The standard InChI is InChI=1S/C18H15P.Rb/c1-4-10-16(11-5-1)19(17-12-6-2-7-13-17)18-14-8-3-9-15-18;/h1-15H;. The van der Waals surface area contributed by atoms with Crippen LogP contribution >= 0.6 is 7.92 Å². The van der Waals surface area contributed by atoms with Crippen LogP contribution in [0.5, 0.6) is 0 Å². The van der Waals surface area contributed by atoms with E-state index in [9.17, 15) is 0 Å². The van der Waals surface area contributed by atoms with E-state index in [2.05, 4.69) is 91.0 Å². The average Bonchev–Trinajstić information content (AvgIpc) is 2.51. The molecule has 0 aliphatic carbocycles. The van der Waals surface area contributed by atoms with Crippen LogP contribution in [0.15, 0.2) is 91.0 Å². The Balaban J connectivity index is 0.00000147. The van der Waals surface area contributed by atoms with Crippen molar-refractivity contribution in [3.05, 3.63) is 91.0 Å². The molecule has 0 spiro atoms. The van der Waals surface area contributed by atoms with E-state index in [1.165, 1.54) is 15.9 Å². The van der Waals surface area contributed by atoms with E-state index in [-0.39, 0.29) is 58.2 Å². The first-order valence-electron chi connectivity index (χ1n) is 6.40. The summed E-state index contributed by atoms with van der Waals surface area (Å²) in [4.78, 5) is 0. The van der Waals surface area contributed by atoms with E-state index in [4.69, 9.17) is 0 Å². The van der Waals surface area contributed by atoms with Crippen molar-refractivity contribution >= 4 is 82.0 Å². The second kappa shape index (κ2) is 8.37. The van der Waals surface area contributed by atoms with Crippen molar-refractivity contribution in [3.63, 3.8) is 0 Å². The van der Waals surface area contributed by atoms with Gasteiger partial charge in [-0.25, -0.2) is 0 Å². The fraction of sp³-hybridized carbons (Fsp3) is 0. The van der Waals surface area contributed by atoms with Gasteiger partial charge in [-0.15, -0.1) is 0 Å². The van der Waals surface area contributed by atoms with Gasteiger partial charge in [0.05, 0.1) is 0 Å². The van der Waals surface area contributed by atoms with E-state index in [1.807, 2.05) is 0 Å². The molecular formula is C18H15PRb. The normalized spacial score (nSPS) is 10.1. The van der Waals surface area contributed by atoms with Gasteiger partial charge in [-0.3, -0.25) is 0 Å². The zero-order valence-corrected chi connectivity index (χ0v) is 17.4.